The number of ether oxygens (including phenoxy) is 2. The van der Waals surface area contributed by atoms with E-state index in [0.29, 0.717) is 19.6 Å². The molecule has 0 bridgehead atoms. The summed E-state index contributed by atoms with van der Waals surface area (Å²) in [6.45, 7) is 4.15. The summed E-state index contributed by atoms with van der Waals surface area (Å²) in [5.74, 6) is -0.227. The van der Waals surface area contributed by atoms with Crippen LogP contribution < -0.4 is 5.32 Å². The first-order chi connectivity index (χ1) is 13.2. The van der Waals surface area contributed by atoms with Crippen LogP contribution in [0.15, 0.2) is 0 Å². The largest absolute Gasteiger partial charge is 0.466 e. The average Bonchev–Trinajstić information content (AvgIpc) is 3.20. The summed E-state index contributed by atoms with van der Waals surface area (Å²) in [6.07, 6.45) is 16.3. The molecule has 0 radical (unpaired) electrons. The Morgan fingerprint density at radius 1 is 0.815 bits per heavy atom. The SMILES string of the molecule is CCCCCCCCCCCOC(=O)CCCCCOC(=O)C1CCCN1. The molecule has 0 aromatic rings. The second kappa shape index (κ2) is 17.0. The third-order valence-electron chi connectivity index (χ3n) is 5.13. The summed E-state index contributed by atoms with van der Waals surface area (Å²) in [5.41, 5.74) is 0. The molecule has 1 N–H and O–H groups in total. The Morgan fingerprint density at radius 2 is 1.41 bits per heavy atom. The van der Waals surface area contributed by atoms with Crippen molar-refractivity contribution in [3.63, 3.8) is 0 Å². The summed E-state index contributed by atoms with van der Waals surface area (Å²) in [7, 11) is 0. The molecule has 1 rings (SSSR count). The highest BCUT2D eigenvalue weighted by Gasteiger charge is 2.22. The maximum Gasteiger partial charge on any atom is 0.323 e. The van der Waals surface area contributed by atoms with E-state index >= 15 is 0 Å². The van der Waals surface area contributed by atoms with Gasteiger partial charge in [-0.05, 0) is 45.1 Å². The molecule has 1 unspecified atom stereocenters. The molecule has 1 saturated heterocycles. The second-order valence-corrected chi connectivity index (χ2v) is 7.68. The van der Waals surface area contributed by atoms with Gasteiger partial charge in [-0.15, -0.1) is 0 Å². The van der Waals surface area contributed by atoms with Crippen molar-refractivity contribution in [2.75, 3.05) is 19.8 Å². The van der Waals surface area contributed by atoms with Gasteiger partial charge in [-0.3, -0.25) is 9.59 Å². The van der Waals surface area contributed by atoms with Crippen LogP contribution in [0.4, 0.5) is 0 Å². The molecular weight excluding hydrogens is 342 g/mol. The van der Waals surface area contributed by atoms with E-state index in [0.717, 1.165) is 51.5 Å². The predicted octanol–water partition coefficient (Wildman–Crippen LogP) is 4.92. The van der Waals surface area contributed by atoms with Gasteiger partial charge in [-0.1, -0.05) is 58.3 Å². The van der Waals surface area contributed by atoms with Crippen LogP contribution in [-0.2, 0) is 19.1 Å². The molecule has 0 saturated carbocycles. The minimum absolute atomic E-state index is 0.0956. The molecular formula is C22H41NO4. The van der Waals surface area contributed by atoms with Gasteiger partial charge >= 0.3 is 11.9 Å². The third-order valence-corrected chi connectivity index (χ3v) is 5.13. The second-order valence-electron chi connectivity index (χ2n) is 7.68. The van der Waals surface area contributed by atoms with Crippen LogP contribution in [0.5, 0.6) is 0 Å². The first kappa shape index (κ1) is 23.9. The first-order valence-corrected chi connectivity index (χ1v) is 11.3. The highest BCUT2D eigenvalue weighted by atomic mass is 16.5. The molecule has 1 heterocycles. The van der Waals surface area contributed by atoms with Crippen LogP contribution in [0.3, 0.4) is 0 Å². The van der Waals surface area contributed by atoms with Gasteiger partial charge in [0.15, 0.2) is 0 Å². The minimum Gasteiger partial charge on any atom is -0.466 e. The van der Waals surface area contributed by atoms with E-state index in [-0.39, 0.29) is 18.0 Å². The van der Waals surface area contributed by atoms with Crippen molar-refractivity contribution >= 4 is 11.9 Å². The summed E-state index contributed by atoms with van der Waals surface area (Å²) < 4.78 is 10.5. The maximum atomic E-state index is 11.7. The number of hydrogen-bond acceptors (Lipinski definition) is 5. The minimum atomic E-state index is -0.132. The number of carbonyl (C=O) groups excluding carboxylic acids is 2. The summed E-state index contributed by atoms with van der Waals surface area (Å²) >= 11 is 0. The first-order valence-electron chi connectivity index (χ1n) is 11.3. The molecule has 27 heavy (non-hydrogen) atoms. The highest BCUT2D eigenvalue weighted by Crippen LogP contribution is 2.10. The van der Waals surface area contributed by atoms with Gasteiger partial charge in [0.05, 0.1) is 13.2 Å². The van der Waals surface area contributed by atoms with Crippen LogP contribution in [0.2, 0.25) is 0 Å². The number of unbranched alkanes of at least 4 members (excludes halogenated alkanes) is 10. The van der Waals surface area contributed by atoms with E-state index in [1.807, 2.05) is 0 Å². The lowest BCUT2D eigenvalue weighted by Crippen LogP contribution is -2.32. The zero-order chi connectivity index (χ0) is 19.6. The molecule has 5 nitrogen and oxygen atoms in total. The zero-order valence-corrected chi connectivity index (χ0v) is 17.4. The normalized spacial score (nSPS) is 16.4. The van der Waals surface area contributed by atoms with Gasteiger partial charge < -0.3 is 14.8 Å². The van der Waals surface area contributed by atoms with Crippen molar-refractivity contribution < 1.29 is 19.1 Å². The van der Waals surface area contributed by atoms with E-state index in [1.54, 1.807) is 0 Å². The van der Waals surface area contributed by atoms with E-state index in [1.165, 1.54) is 44.9 Å². The van der Waals surface area contributed by atoms with Crippen LogP contribution >= 0.6 is 0 Å². The lowest BCUT2D eigenvalue weighted by Gasteiger charge is -2.10. The molecule has 158 valence electrons. The predicted molar refractivity (Wildman–Crippen MR) is 109 cm³/mol. The van der Waals surface area contributed by atoms with Gasteiger partial charge in [0, 0.05) is 6.42 Å². The van der Waals surface area contributed by atoms with Crippen LogP contribution in [0.25, 0.3) is 0 Å². The van der Waals surface area contributed by atoms with Crippen LogP contribution in [0.1, 0.15) is 103 Å². The Hall–Kier alpha value is -1.10. The Kier molecular flexibility index (Phi) is 15.1. The Labute approximate surface area is 165 Å². The van der Waals surface area contributed by atoms with Gasteiger partial charge in [0.1, 0.15) is 6.04 Å². The van der Waals surface area contributed by atoms with E-state index in [2.05, 4.69) is 12.2 Å². The van der Waals surface area contributed by atoms with E-state index < -0.39 is 0 Å². The number of nitrogens with one attached hydrogen (secondary N) is 1. The van der Waals surface area contributed by atoms with E-state index in [4.69, 9.17) is 9.47 Å². The van der Waals surface area contributed by atoms with E-state index in [9.17, 15) is 9.59 Å². The van der Waals surface area contributed by atoms with Crippen molar-refractivity contribution in [2.45, 2.75) is 109 Å². The van der Waals surface area contributed by atoms with Gasteiger partial charge in [0.25, 0.3) is 0 Å². The third kappa shape index (κ3) is 13.7. The van der Waals surface area contributed by atoms with Gasteiger partial charge in [-0.25, -0.2) is 0 Å². The van der Waals surface area contributed by atoms with Crippen molar-refractivity contribution in [1.29, 1.82) is 0 Å². The monoisotopic (exact) mass is 383 g/mol. The fourth-order valence-corrected chi connectivity index (χ4v) is 3.38. The molecule has 0 amide bonds. The summed E-state index contributed by atoms with van der Waals surface area (Å²) in [4.78, 5) is 23.4. The van der Waals surface area contributed by atoms with Crippen LogP contribution in [0, 0.1) is 0 Å². The van der Waals surface area contributed by atoms with Crippen molar-refractivity contribution in [3.8, 4) is 0 Å². The standard InChI is InChI=1S/C22H41NO4/c1-2-3-4-5-6-7-8-9-12-18-26-21(24)16-11-10-13-19-27-22(25)20-15-14-17-23-20/h20,23H,2-19H2,1H3. The fraction of sp³-hybridized carbons (Fsp3) is 0.909. The number of carbonyl (C=O) groups is 2. The molecule has 1 atom stereocenters. The van der Waals surface area contributed by atoms with Crippen molar-refractivity contribution in [2.24, 2.45) is 0 Å². The molecule has 1 aliphatic heterocycles. The number of rotatable bonds is 17. The fourth-order valence-electron chi connectivity index (χ4n) is 3.38. The topological polar surface area (TPSA) is 64.6 Å². The molecule has 0 aromatic carbocycles. The van der Waals surface area contributed by atoms with Crippen molar-refractivity contribution in [3.05, 3.63) is 0 Å². The number of esters is 2. The Morgan fingerprint density at radius 3 is 2.04 bits per heavy atom. The number of hydrogen-bond donors (Lipinski definition) is 1. The van der Waals surface area contributed by atoms with Gasteiger partial charge in [0.2, 0.25) is 0 Å². The van der Waals surface area contributed by atoms with Gasteiger partial charge in [-0.2, -0.15) is 0 Å². The Balaban J connectivity index is 1.79. The smallest absolute Gasteiger partial charge is 0.323 e. The lowest BCUT2D eigenvalue weighted by molar-refractivity contribution is -0.146. The molecule has 0 spiro atoms. The quantitative estimate of drug-likeness (QED) is 0.285. The molecule has 1 fully saturated rings. The highest BCUT2D eigenvalue weighted by molar-refractivity contribution is 5.76. The lowest BCUT2D eigenvalue weighted by atomic mass is 10.1. The zero-order valence-electron chi connectivity index (χ0n) is 17.4. The maximum absolute atomic E-state index is 11.7. The molecule has 5 heteroatoms. The molecule has 1 aliphatic rings. The van der Waals surface area contributed by atoms with Crippen LogP contribution in [-0.4, -0.2) is 37.7 Å². The molecule has 0 aliphatic carbocycles. The summed E-state index contributed by atoms with van der Waals surface area (Å²) in [5, 5.41) is 3.13. The Bertz CT molecular complexity index is 381. The average molecular weight is 384 g/mol. The summed E-state index contributed by atoms with van der Waals surface area (Å²) in [6, 6.07) is -0.110. The van der Waals surface area contributed by atoms with Crippen molar-refractivity contribution in [1.82, 2.24) is 5.32 Å². The molecule has 0 aromatic heterocycles.